The molecule has 5 heteroatoms. The minimum atomic E-state index is -0.798. The number of carboxylic acids is 1. The first-order valence-corrected chi connectivity index (χ1v) is 7.75. The summed E-state index contributed by atoms with van der Waals surface area (Å²) in [4.78, 5) is 25.9. The molecule has 0 radical (unpaired) electrons. The Balaban J connectivity index is 1.85. The van der Waals surface area contributed by atoms with Crippen molar-refractivity contribution in [1.29, 1.82) is 0 Å². The SMILES string of the molecule is Cc1ccc(SCC(=O)N2CCC[C@@H](C(=O)O)C2)cc1. The molecule has 0 saturated carbocycles. The highest BCUT2D eigenvalue weighted by Gasteiger charge is 2.27. The first-order valence-electron chi connectivity index (χ1n) is 6.76. The van der Waals surface area contributed by atoms with Crippen LogP contribution in [0.2, 0.25) is 0 Å². The Hall–Kier alpha value is -1.49. The van der Waals surface area contributed by atoms with Crippen molar-refractivity contribution in [1.82, 2.24) is 4.90 Å². The molecule has 1 aliphatic heterocycles. The van der Waals surface area contributed by atoms with Gasteiger partial charge in [-0.15, -0.1) is 11.8 Å². The molecule has 4 nitrogen and oxygen atoms in total. The summed E-state index contributed by atoms with van der Waals surface area (Å²) in [5.41, 5.74) is 1.20. The van der Waals surface area contributed by atoms with E-state index in [4.69, 9.17) is 5.11 Å². The highest BCUT2D eigenvalue weighted by Crippen LogP contribution is 2.21. The molecule has 0 aliphatic carbocycles. The van der Waals surface area contributed by atoms with Gasteiger partial charge in [-0.3, -0.25) is 9.59 Å². The van der Waals surface area contributed by atoms with Gasteiger partial charge in [0, 0.05) is 18.0 Å². The van der Waals surface area contributed by atoms with Crippen molar-refractivity contribution >= 4 is 23.6 Å². The van der Waals surface area contributed by atoms with Gasteiger partial charge in [0.25, 0.3) is 0 Å². The summed E-state index contributed by atoms with van der Waals surface area (Å²) in [5, 5.41) is 9.03. The highest BCUT2D eigenvalue weighted by molar-refractivity contribution is 8.00. The zero-order valence-electron chi connectivity index (χ0n) is 11.5. The van der Waals surface area contributed by atoms with Gasteiger partial charge in [0.2, 0.25) is 5.91 Å². The van der Waals surface area contributed by atoms with Crippen molar-refractivity contribution in [3.63, 3.8) is 0 Å². The van der Waals surface area contributed by atoms with Crippen LogP contribution in [0.4, 0.5) is 0 Å². The van der Waals surface area contributed by atoms with Crippen LogP contribution in [0.1, 0.15) is 18.4 Å². The van der Waals surface area contributed by atoms with E-state index < -0.39 is 11.9 Å². The first kappa shape index (κ1) is 14.9. The largest absolute Gasteiger partial charge is 0.481 e. The van der Waals surface area contributed by atoms with Crippen LogP contribution in [0, 0.1) is 12.8 Å². The number of carboxylic acid groups (broad SMARTS) is 1. The molecular weight excluding hydrogens is 274 g/mol. The van der Waals surface area contributed by atoms with E-state index in [0.29, 0.717) is 25.3 Å². The molecule has 1 aromatic carbocycles. The van der Waals surface area contributed by atoms with Crippen molar-refractivity contribution in [3.05, 3.63) is 29.8 Å². The van der Waals surface area contributed by atoms with Gasteiger partial charge in [-0.2, -0.15) is 0 Å². The predicted octanol–water partition coefficient (Wildman–Crippen LogP) is 2.41. The number of likely N-dealkylation sites (tertiary alicyclic amines) is 1. The fraction of sp³-hybridized carbons (Fsp3) is 0.467. The van der Waals surface area contributed by atoms with Gasteiger partial charge in [-0.05, 0) is 31.9 Å². The number of aryl methyl sites for hydroxylation is 1. The molecule has 1 aliphatic rings. The fourth-order valence-corrected chi connectivity index (χ4v) is 3.08. The van der Waals surface area contributed by atoms with E-state index in [0.717, 1.165) is 11.3 Å². The standard InChI is InChI=1S/C15H19NO3S/c1-11-4-6-13(7-5-11)20-10-14(17)16-8-2-3-12(9-16)15(18)19/h4-7,12H,2-3,8-10H2,1H3,(H,18,19)/t12-/m1/s1. The number of rotatable bonds is 4. The van der Waals surface area contributed by atoms with Crippen LogP contribution in [0.5, 0.6) is 0 Å². The summed E-state index contributed by atoms with van der Waals surface area (Å²) in [5.74, 6) is -0.803. The second-order valence-corrected chi connectivity index (χ2v) is 6.17. The molecule has 0 spiro atoms. The lowest BCUT2D eigenvalue weighted by Crippen LogP contribution is -2.43. The number of hydrogen-bond acceptors (Lipinski definition) is 3. The minimum absolute atomic E-state index is 0.0292. The Morgan fingerprint density at radius 1 is 1.35 bits per heavy atom. The molecule has 1 aromatic rings. The number of carbonyl (C=O) groups is 2. The number of benzene rings is 1. The molecule has 0 bridgehead atoms. The zero-order valence-corrected chi connectivity index (χ0v) is 12.4. The molecule has 108 valence electrons. The summed E-state index contributed by atoms with van der Waals surface area (Å²) in [6.07, 6.45) is 1.45. The third kappa shape index (κ3) is 4.00. The van der Waals surface area contributed by atoms with Crippen molar-refractivity contribution < 1.29 is 14.7 Å². The number of thioether (sulfide) groups is 1. The predicted molar refractivity (Wildman–Crippen MR) is 78.8 cm³/mol. The smallest absolute Gasteiger partial charge is 0.308 e. The van der Waals surface area contributed by atoms with Crippen LogP contribution in [-0.2, 0) is 9.59 Å². The fourth-order valence-electron chi connectivity index (χ4n) is 2.28. The highest BCUT2D eigenvalue weighted by atomic mass is 32.2. The van der Waals surface area contributed by atoms with Gasteiger partial charge in [-0.1, -0.05) is 17.7 Å². The molecule has 2 rings (SSSR count). The van der Waals surface area contributed by atoms with E-state index in [2.05, 4.69) is 0 Å². The van der Waals surface area contributed by atoms with Crippen LogP contribution in [0.15, 0.2) is 29.2 Å². The quantitative estimate of drug-likeness (QED) is 0.866. The Bertz CT molecular complexity index is 486. The normalized spacial score (nSPS) is 18.9. The topological polar surface area (TPSA) is 57.6 Å². The second-order valence-electron chi connectivity index (χ2n) is 5.12. The van der Waals surface area contributed by atoms with Crippen molar-refractivity contribution in [2.45, 2.75) is 24.7 Å². The van der Waals surface area contributed by atoms with Gasteiger partial charge >= 0.3 is 5.97 Å². The first-order chi connectivity index (χ1) is 9.56. The molecule has 0 unspecified atom stereocenters. The molecule has 1 atom stereocenters. The maximum absolute atomic E-state index is 12.1. The third-order valence-corrected chi connectivity index (χ3v) is 4.50. The number of carbonyl (C=O) groups excluding carboxylic acids is 1. The van der Waals surface area contributed by atoms with E-state index in [1.54, 1.807) is 4.90 Å². The van der Waals surface area contributed by atoms with E-state index in [1.165, 1.54) is 17.3 Å². The molecule has 1 amide bonds. The lowest BCUT2D eigenvalue weighted by molar-refractivity contribution is -0.145. The van der Waals surface area contributed by atoms with Crippen LogP contribution < -0.4 is 0 Å². The molecule has 1 fully saturated rings. The lowest BCUT2D eigenvalue weighted by Gasteiger charge is -2.30. The van der Waals surface area contributed by atoms with Gasteiger partial charge in [0.05, 0.1) is 11.7 Å². The summed E-state index contributed by atoms with van der Waals surface area (Å²) < 4.78 is 0. The zero-order chi connectivity index (χ0) is 14.5. The minimum Gasteiger partial charge on any atom is -0.481 e. The van der Waals surface area contributed by atoms with Crippen LogP contribution in [0.25, 0.3) is 0 Å². The molecule has 20 heavy (non-hydrogen) atoms. The van der Waals surface area contributed by atoms with Gasteiger partial charge in [0.1, 0.15) is 0 Å². The molecule has 1 saturated heterocycles. The molecule has 0 aromatic heterocycles. The van der Waals surface area contributed by atoms with Crippen LogP contribution >= 0.6 is 11.8 Å². The number of amides is 1. The Morgan fingerprint density at radius 3 is 2.70 bits per heavy atom. The average Bonchev–Trinajstić information content (AvgIpc) is 2.46. The summed E-state index contributed by atoms with van der Waals surface area (Å²) >= 11 is 1.50. The Labute approximate surface area is 123 Å². The Morgan fingerprint density at radius 2 is 2.05 bits per heavy atom. The average molecular weight is 293 g/mol. The van der Waals surface area contributed by atoms with E-state index in [-0.39, 0.29) is 5.91 Å². The van der Waals surface area contributed by atoms with Crippen molar-refractivity contribution in [3.8, 4) is 0 Å². The van der Waals surface area contributed by atoms with Gasteiger partial charge in [0.15, 0.2) is 0 Å². The molecular formula is C15H19NO3S. The second kappa shape index (κ2) is 6.79. The van der Waals surface area contributed by atoms with Crippen molar-refractivity contribution in [2.75, 3.05) is 18.8 Å². The monoisotopic (exact) mass is 293 g/mol. The van der Waals surface area contributed by atoms with E-state index >= 15 is 0 Å². The molecule has 1 heterocycles. The Kier molecular flexibility index (Phi) is 5.06. The summed E-state index contributed by atoms with van der Waals surface area (Å²) in [6.45, 7) is 3.05. The summed E-state index contributed by atoms with van der Waals surface area (Å²) in [7, 11) is 0. The van der Waals surface area contributed by atoms with E-state index in [1.807, 2.05) is 31.2 Å². The summed E-state index contributed by atoms with van der Waals surface area (Å²) in [6, 6.07) is 8.05. The van der Waals surface area contributed by atoms with Gasteiger partial charge in [-0.25, -0.2) is 0 Å². The number of nitrogens with zero attached hydrogens (tertiary/aromatic N) is 1. The van der Waals surface area contributed by atoms with Crippen molar-refractivity contribution in [2.24, 2.45) is 5.92 Å². The maximum Gasteiger partial charge on any atom is 0.308 e. The third-order valence-electron chi connectivity index (χ3n) is 3.51. The van der Waals surface area contributed by atoms with Crippen LogP contribution in [-0.4, -0.2) is 40.7 Å². The number of piperidine rings is 1. The van der Waals surface area contributed by atoms with Gasteiger partial charge < -0.3 is 10.0 Å². The maximum atomic E-state index is 12.1. The number of aliphatic carboxylic acids is 1. The number of hydrogen-bond donors (Lipinski definition) is 1. The molecule has 1 N–H and O–H groups in total. The lowest BCUT2D eigenvalue weighted by atomic mass is 9.98. The van der Waals surface area contributed by atoms with Crippen LogP contribution in [0.3, 0.4) is 0 Å². The van der Waals surface area contributed by atoms with E-state index in [9.17, 15) is 9.59 Å².